The maximum absolute atomic E-state index is 11.0. The summed E-state index contributed by atoms with van der Waals surface area (Å²) in [5.41, 5.74) is 2.45. The SMILES string of the molecule is CNC(=O)CCCNCc1cnccc1C. The number of pyridine rings is 1. The van der Waals surface area contributed by atoms with Crippen LogP contribution < -0.4 is 10.6 Å². The molecule has 1 aromatic rings. The lowest BCUT2D eigenvalue weighted by Crippen LogP contribution is -2.21. The average Bonchev–Trinajstić information content (AvgIpc) is 2.30. The van der Waals surface area contributed by atoms with Crippen LogP contribution in [0.3, 0.4) is 0 Å². The van der Waals surface area contributed by atoms with Crippen LogP contribution in [0.1, 0.15) is 24.0 Å². The van der Waals surface area contributed by atoms with Crippen LogP contribution in [0.2, 0.25) is 0 Å². The normalized spacial score (nSPS) is 10.1. The Labute approximate surface area is 96.5 Å². The Kier molecular flexibility index (Phi) is 5.50. The maximum atomic E-state index is 11.0. The van der Waals surface area contributed by atoms with Crippen molar-refractivity contribution in [3.05, 3.63) is 29.6 Å². The fourth-order valence-electron chi connectivity index (χ4n) is 1.40. The highest BCUT2D eigenvalue weighted by Gasteiger charge is 1.99. The second kappa shape index (κ2) is 6.95. The maximum Gasteiger partial charge on any atom is 0.219 e. The molecule has 1 rings (SSSR count). The number of aryl methyl sites for hydroxylation is 1. The first kappa shape index (κ1) is 12.6. The van der Waals surface area contributed by atoms with Crippen LogP contribution in [-0.4, -0.2) is 24.5 Å². The van der Waals surface area contributed by atoms with E-state index in [1.807, 2.05) is 12.3 Å². The van der Waals surface area contributed by atoms with Gasteiger partial charge in [-0.15, -0.1) is 0 Å². The van der Waals surface area contributed by atoms with Gasteiger partial charge in [-0.05, 0) is 37.1 Å². The molecule has 0 bridgehead atoms. The Balaban J connectivity index is 2.17. The zero-order valence-electron chi connectivity index (χ0n) is 9.92. The summed E-state index contributed by atoms with van der Waals surface area (Å²) < 4.78 is 0. The minimum atomic E-state index is 0.0966. The number of rotatable bonds is 6. The summed E-state index contributed by atoms with van der Waals surface area (Å²) in [6.07, 6.45) is 5.11. The van der Waals surface area contributed by atoms with Crippen LogP contribution in [0, 0.1) is 6.92 Å². The lowest BCUT2D eigenvalue weighted by Gasteiger charge is -2.06. The third kappa shape index (κ3) is 4.40. The van der Waals surface area contributed by atoms with Gasteiger partial charge in [0.2, 0.25) is 5.91 Å². The van der Waals surface area contributed by atoms with Crippen molar-refractivity contribution >= 4 is 5.91 Å². The van der Waals surface area contributed by atoms with Crippen LogP contribution in [0.4, 0.5) is 0 Å². The minimum absolute atomic E-state index is 0.0966. The molecule has 0 spiro atoms. The van der Waals surface area contributed by atoms with Crippen molar-refractivity contribution < 1.29 is 4.79 Å². The Morgan fingerprint density at radius 2 is 2.31 bits per heavy atom. The molecule has 0 atom stereocenters. The number of nitrogens with zero attached hydrogens (tertiary/aromatic N) is 1. The molecular formula is C12H19N3O. The predicted molar refractivity (Wildman–Crippen MR) is 64.0 cm³/mol. The fraction of sp³-hybridized carbons (Fsp3) is 0.500. The van der Waals surface area contributed by atoms with Crippen LogP contribution in [0.5, 0.6) is 0 Å². The zero-order valence-corrected chi connectivity index (χ0v) is 9.92. The molecular weight excluding hydrogens is 202 g/mol. The first-order valence-electron chi connectivity index (χ1n) is 5.55. The molecule has 0 aliphatic carbocycles. The van der Waals surface area contributed by atoms with Gasteiger partial charge >= 0.3 is 0 Å². The lowest BCUT2D eigenvalue weighted by molar-refractivity contribution is -0.120. The Hall–Kier alpha value is -1.42. The second-order valence-electron chi connectivity index (χ2n) is 3.76. The second-order valence-corrected chi connectivity index (χ2v) is 3.76. The molecule has 4 heteroatoms. The number of amides is 1. The molecule has 0 aliphatic rings. The smallest absolute Gasteiger partial charge is 0.219 e. The van der Waals surface area contributed by atoms with E-state index in [9.17, 15) is 4.79 Å². The van der Waals surface area contributed by atoms with E-state index >= 15 is 0 Å². The number of carbonyl (C=O) groups is 1. The zero-order chi connectivity index (χ0) is 11.8. The van der Waals surface area contributed by atoms with Gasteiger partial charge in [-0.3, -0.25) is 9.78 Å². The number of hydrogen-bond acceptors (Lipinski definition) is 3. The van der Waals surface area contributed by atoms with E-state index in [-0.39, 0.29) is 5.91 Å². The summed E-state index contributed by atoms with van der Waals surface area (Å²) in [4.78, 5) is 15.0. The van der Waals surface area contributed by atoms with Gasteiger partial charge in [0.15, 0.2) is 0 Å². The van der Waals surface area contributed by atoms with Gasteiger partial charge in [-0.25, -0.2) is 0 Å². The fourth-order valence-corrected chi connectivity index (χ4v) is 1.40. The average molecular weight is 221 g/mol. The van der Waals surface area contributed by atoms with Crippen molar-refractivity contribution in [2.45, 2.75) is 26.3 Å². The third-order valence-electron chi connectivity index (χ3n) is 2.50. The number of aromatic nitrogens is 1. The van der Waals surface area contributed by atoms with Crippen molar-refractivity contribution in [1.29, 1.82) is 0 Å². The van der Waals surface area contributed by atoms with E-state index in [1.54, 1.807) is 13.2 Å². The van der Waals surface area contributed by atoms with Crippen molar-refractivity contribution in [2.24, 2.45) is 0 Å². The monoisotopic (exact) mass is 221 g/mol. The molecule has 1 heterocycles. The summed E-state index contributed by atoms with van der Waals surface area (Å²) in [5, 5.41) is 5.91. The molecule has 0 aromatic carbocycles. The topological polar surface area (TPSA) is 54.0 Å². The van der Waals surface area contributed by atoms with Gasteiger partial charge in [0, 0.05) is 32.4 Å². The van der Waals surface area contributed by atoms with Crippen molar-refractivity contribution in [3.63, 3.8) is 0 Å². The molecule has 88 valence electrons. The van der Waals surface area contributed by atoms with Gasteiger partial charge in [-0.2, -0.15) is 0 Å². The van der Waals surface area contributed by atoms with Crippen LogP contribution in [0.15, 0.2) is 18.5 Å². The molecule has 0 fully saturated rings. The molecule has 16 heavy (non-hydrogen) atoms. The third-order valence-corrected chi connectivity index (χ3v) is 2.50. The molecule has 0 aliphatic heterocycles. The standard InChI is InChI=1S/C12H19N3O/c1-10-5-7-15-9-11(10)8-14-6-3-4-12(16)13-2/h5,7,9,14H,3-4,6,8H2,1-2H3,(H,13,16). The van der Waals surface area contributed by atoms with Crippen molar-refractivity contribution in [3.8, 4) is 0 Å². The Morgan fingerprint density at radius 3 is 3.00 bits per heavy atom. The quantitative estimate of drug-likeness (QED) is 0.705. The van der Waals surface area contributed by atoms with E-state index in [4.69, 9.17) is 0 Å². The molecule has 1 amide bonds. The molecule has 1 aromatic heterocycles. The highest BCUT2D eigenvalue weighted by atomic mass is 16.1. The lowest BCUT2D eigenvalue weighted by atomic mass is 10.1. The van der Waals surface area contributed by atoms with E-state index in [1.165, 1.54) is 11.1 Å². The highest BCUT2D eigenvalue weighted by molar-refractivity contribution is 5.75. The highest BCUT2D eigenvalue weighted by Crippen LogP contribution is 2.03. The molecule has 0 unspecified atom stereocenters. The summed E-state index contributed by atoms with van der Waals surface area (Å²) in [6, 6.07) is 2.00. The summed E-state index contributed by atoms with van der Waals surface area (Å²) in [7, 11) is 1.66. The molecule has 0 radical (unpaired) electrons. The van der Waals surface area contributed by atoms with Crippen LogP contribution in [-0.2, 0) is 11.3 Å². The molecule has 4 nitrogen and oxygen atoms in total. The molecule has 2 N–H and O–H groups in total. The van der Waals surface area contributed by atoms with Gasteiger partial charge in [0.25, 0.3) is 0 Å². The van der Waals surface area contributed by atoms with Crippen LogP contribution in [0.25, 0.3) is 0 Å². The van der Waals surface area contributed by atoms with Crippen molar-refractivity contribution in [1.82, 2.24) is 15.6 Å². The summed E-state index contributed by atoms with van der Waals surface area (Å²) >= 11 is 0. The number of carbonyl (C=O) groups excluding carboxylic acids is 1. The number of nitrogens with one attached hydrogen (secondary N) is 2. The van der Waals surface area contributed by atoms with E-state index in [0.29, 0.717) is 6.42 Å². The molecule has 0 saturated heterocycles. The van der Waals surface area contributed by atoms with E-state index in [0.717, 1.165) is 19.5 Å². The Bertz CT molecular complexity index is 339. The number of hydrogen-bond donors (Lipinski definition) is 2. The predicted octanol–water partition coefficient (Wildman–Crippen LogP) is 1.01. The van der Waals surface area contributed by atoms with Crippen LogP contribution >= 0.6 is 0 Å². The first-order valence-corrected chi connectivity index (χ1v) is 5.55. The Morgan fingerprint density at radius 1 is 1.50 bits per heavy atom. The van der Waals surface area contributed by atoms with Gasteiger partial charge in [0.1, 0.15) is 0 Å². The first-order chi connectivity index (χ1) is 7.74. The largest absolute Gasteiger partial charge is 0.359 e. The summed E-state index contributed by atoms with van der Waals surface area (Å²) in [5.74, 6) is 0.0966. The van der Waals surface area contributed by atoms with E-state index < -0.39 is 0 Å². The molecule has 0 saturated carbocycles. The van der Waals surface area contributed by atoms with Gasteiger partial charge in [-0.1, -0.05) is 0 Å². The van der Waals surface area contributed by atoms with Gasteiger partial charge in [0.05, 0.1) is 0 Å². The van der Waals surface area contributed by atoms with E-state index in [2.05, 4.69) is 22.5 Å². The summed E-state index contributed by atoms with van der Waals surface area (Å²) in [6.45, 7) is 3.73. The van der Waals surface area contributed by atoms with Gasteiger partial charge < -0.3 is 10.6 Å². The van der Waals surface area contributed by atoms with Crippen molar-refractivity contribution in [2.75, 3.05) is 13.6 Å². The minimum Gasteiger partial charge on any atom is -0.359 e.